The number of aliphatic hydroxyl groups is 1. The first kappa shape index (κ1) is 28.5. The van der Waals surface area contributed by atoms with Crippen molar-refractivity contribution in [1.82, 2.24) is 0 Å². The zero-order chi connectivity index (χ0) is 17.1. The number of hydrogen-bond donors (Lipinski definition) is 6. The number of carboxylic acids is 1. The molecular formula is C6H12Na2O13P2. The first-order valence-corrected chi connectivity index (χ1v) is 7.72. The van der Waals surface area contributed by atoms with E-state index in [4.69, 9.17) is 24.7 Å². The third-order valence-electron chi connectivity index (χ3n) is 1.68. The van der Waals surface area contributed by atoms with Gasteiger partial charge in [-0.15, -0.1) is 0 Å². The molecule has 0 saturated heterocycles. The van der Waals surface area contributed by atoms with Gasteiger partial charge in [-0.05, 0) is 0 Å². The van der Waals surface area contributed by atoms with Crippen LogP contribution < -0.4 is 59.1 Å². The summed E-state index contributed by atoms with van der Waals surface area (Å²) in [7, 11) is -10.8. The van der Waals surface area contributed by atoms with Gasteiger partial charge in [0.15, 0.2) is 5.60 Å². The summed E-state index contributed by atoms with van der Waals surface area (Å²) in [5.74, 6) is -5.94. The van der Waals surface area contributed by atoms with E-state index in [1.54, 1.807) is 0 Å². The van der Waals surface area contributed by atoms with Crippen LogP contribution in [0.5, 0.6) is 0 Å². The summed E-state index contributed by atoms with van der Waals surface area (Å²) in [6.07, 6.45) is -3.16. The number of phosphoric ester groups is 2. The molecule has 0 aliphatic rings. The molecule has 23 heavy (non-hydrogen) atoms. The number of hydrogen-bond acceptors (Lipinski definition) is 8. The van der Waals surface area contributed by atoms with Crippen molar-refractivity contribution in [2.45, 2.75) is 18.4 Å². The fourth-order valence-corrected chi connectivity index (χ4v) is 1.77. The van der Waals surface area contributed by atoms with Crippen LogP contribution in [0.4, 0.5) is 0 Å². The fraction of sp³-hybridized carbons (Fsp3) is 0.500. The largest absolute Gasteiger partial charge is 1.00 e. The van der Waals surface area contributed by atoms with Gasteiger partial charge in [0.2, 0.25) is 0 Å². The Labute approximate surface area is 175 Å². The number of carbonyl (C=O) groups is 3. The average molecular weight is 400 g/mol. The Morgan fingerprint density at radius 3 is 1.61 bits per heavy atom. The van der Waals surface area contributed by atoms with Crippen molar-refractivity contribution in [3.63, 3.8) is 0 Å². The second kappa shape index (κ2) is 10.6. The molecule has 0 heterocycles. The minimum atomic E-state index is -5.45. The standard InChI is InChI=1S/C6H10O13P2.2Na.2H/c7-3(8)1-6(11,5(10)19-21(15,16)17)2-4(9)18-20(12,13)14;;;;/h11H,1-2H2,(H,7,8)(H2,12,13,14)(H2,15,16,17);;;;/q;2*+1;2*-1. The summed E-state index contributed by atoms with van der Waals surface area (Å²) in [6, 6.07) is 0. The molecule has 6 N–H and O–H groups in total. The van der Waals surface area contributed by atoms with Crippen molar-refractivity contribution in [3.05, 3.63) is 0 Å². The van der Waals surface area contributed by atoms with Crippen molar-refractivity contribution in [2.75, 3.05) is 0 Å². The van der Waals surface area contributed by atoms with E-state index in [2.05, 4.69) is 9.05 Å². The van der Waals surface area contributed by atoms with Crippen molar-refractivity contribution < 1.29 is 124 Å². The maximum absolute atomic E-state index is 11.3. The van der Waals surface area contributed by atoms with Crippen molar-refractivity contribution in [1.29, 1.82) is 0 Å². The van der Waals surface area contributed by atoms with E-state index in [-0.39, 0.29) is 62.0 Å². The van der Waals surface area contributed by atoms with Gasteiger partial charge in [0.25, 0.3) is 0 Å². The molecule has 0 aliphatic carbocycles. The van der Waals surface area contributed by atoms with Crippen LogP contribution in [-0.2, 0) is 32.6 Å². The van der Waals surface area contributed by atoms with Gasteiger partial charge >= 0.3 is 92.7 Å². The minimum Gasteiger partial charge on any atom is -1.00 e. The minimum absolute atomic E-state index is 0. The van der Waals surface area contributed by atoms with Crippen LogP contribution in [-0.4, -0.2) is 53.3 Å². The number of rotatable bonds is 7. The second-order valence-corrected chi connectivity index (χ2v) is 5.93. The Morgan fingerprint density at radius 1 is 0.913 bits per heavy atom. The van der Waals surface area contributed by atoms with E-state index in [0.717, 1.165) is 0 Å². The van der Waals surface area contributed by atoms with E-state index >= 15 is 0 Å². The third kappa shape index (κ3) is 13.6. The molecule has 0 radical (unpaired) electrons. The molecule has 0 rings (SSSR count). The molecule has 0 aromatic carbocycles. The van der Waals surface area contributed by atoms with Gasteiger partial charge in [0.1, 0.15) is 0 Å². The predicted octanol–water partition coefficient (Wildman–Crippen LogP) is -7.91. The topological polar surface area (TPSA) is 225 Å². The molecule has 0 fully saturated rings. The number of carboxylic acid groups (broad SMARTS) is 1. The van der Waals surface area contributed by atoms with Gasteiger partial charge in [-0.3, -0.25) is 29.2 Å². The molecule has 1 unspecified atom stereocenters. The summed E-state index contributed by atoms with van der Waals surface area (Å²) < 4.78 is 27.7. The Kier molecular flexibility index (Phi) is 13.1. The van der Waals surface area contributed by atoms with Crippen LogP contribution in [0.3, 0.4) is 0 Å². The molecular weight excluding hydrogens is 388 g/mol. The third-order valence-corrected chi connectivity index (χ3v) is 2.53. The normalized spacial score (nSPS) is 13.6. The molecule has 0 bridgehead atoms. The Morgan fingerprint density at radius 2 is 1.30 bits per heavy atom. The molecule has 0 saturated carbocycles. The van der Waals surface area contributed by atoms with E-state index in [1.165, 1.54) is 0 Å². The number of phosphoric acid groups is 2. The SMILES string of the molecule is O=C(O)CC(O)(CC(=O)OP(=O)(O)O)C(=O)OP(=O)(O)O.[H-].[H-].[Na+].[Na+]. The molecule has 0 amide bonds. The van der Waals surface area contributed by atoms with E-state index in [9.17, 15) is 28.6 Å². The zero-order valence-electron chi connectivity index (χ0n) is 13.8. The van der Waals surface area contributed by atoms with Gasteiger partial charge in [-0.1, -0.05) is 0 Å². The van der Waals surface area contributed by atoms with Crippen molar-refractivity contribution >= 4 is 33.6 Å². The first-order chi connectivity index (χ1) is 9.15. The van der Waals surface area contributed by atoms with Crippen LogP contribution in [0, 0.1) is 0 Å². The summed E-state index contributed by atoms with van der Waals surface area (Å²) >= 11 is 0. The first-order valence-electron chi connectivity index (χ1n) is 4.66. The van der Waals surface area contributed by atoms with Crippen LogP contribution >= 0.6 is 15.6 Å². The Balaban J connectivity index is -0.000000333. The number of carbonyl (C=O) groups excluding carboxylic acids is 2. The molecule has 0 spiro atoms. The average Bonchev–Trinajstić information content (AvgIpc) is 2.08. The summed E-state index contributed by atoms with van der Waals surface area (Å²) in [5, 5.41) is 18.1. The van der Waals surface area contributed by atoms with Gasteiger partial charge in [-0.25, -0.2) is 13.9 Å². The molecule has 17 heteroatoms. The smallest absolute Gasteiger partial charge is 1.00 e. The van der Waals surface area contributed by atoms with Crippen LogP contribution in [0.25, 0.3) is 0 Å². The quantitative estimate of drug-likeness (QED) is 0.173. The van der Waals surface area contributed by atoms with E-state index in [0.29, 0.717) is 0 Å². The summed E-state index contributed by atoms with van der Waals surface area (Å²) in [4.78, 5) is 66.2. The molecule has 13 nitrogen and oxygen atoms in total. The fourth-order valence-electron chi connectivity index (χ4n) is 1.05. The Hall–Kier alpha value is 0.670. The van der Waals surface area contributed by atoms with Gasteiger partial charge in [-0.2, -0.15) is 0 Å². The van der Waals surface area contributed by atoms with Gasteiger partial charge in [0.05, 0.1) is 12.8 Å². The van der Waals surface area contributed by atoms with Gasteiger partial charge in [0, 0.05) is 0 Å². The van der Waals surface area contributed by atoms with Crippen LogP contribution in [0.15, 0.2) is 0 Å². The Bertz CT molecular complexity index is 547. The molecule has 0 aliphatic heterocycles. The summed E-state index contributed by atoms with van der Waals surface area (Å²) in [6.45, 7) is 0. The van der Waals surface area contributed by atoms with E-state index in [1.807, 2.05) is 0 Å². The summed E-state index contributed by atoms with van der Waals surface area (Å²) in [5.41, 5.74) is -3.29. The van der Waals surface area contributed by atoms with Crippen molar-refractivity contribution in [2.24, 2.45) is 0 Å². The van der Waals surface area contributed by atoms with Crippen LogP contribution in [0.1, 0.15) is 15.7 Å². The molecule has 0 aromatic heterocycles. The predicted molar refractivity (Wildman–Crippen MR) is 60.3 cm³/mol. The van der Waals surface area contributed by atoms with Crippen molar-refractivity contribution in [3.8, 4) is 0 Å². The van der Waals surface area contributed by atoms with Gasteiger partial charge < -0.3 is 22.1 Å². The van der Waals surface area contributed by atoms with Crippen LogP contribution in [0.2, 0.25) is 0 Å². The maximum Gasteiger partial charge on any atom is 1.00 e. The molecule has 0 aromatic rings. The zero-order valence-corrected chi connectivity index (χ0v) is 17.6. The monoisotopic (exact) mass is 400 g/mol. The van der Waals surface area contributed by atoms with E-state index < -0.39 is 52.0 Å². The molecule has 1 atom stereocenters. The molecule has 126 valence electrons. The maximum atomic E-state index is 11.3. The number of aliphatic carboxylic acids is 1. The second-order valence-electron chi connectivity index (χ2n) is 3.60.